The molecule has 0 heterocycles. The van der Waals surface area contributed by atoms with Gasteiger partial charge in [0.1, 0.15) is 5.75 Å². The Hall–Kier alpha value is -2.22. The first kappa shape index (κ1) is 16.2. The van der Waals surface area contributed by atoms with Gasteiger partial charge >= 0.3 is 0 Å². The highest BCUT2D eigenvalue weighted by atomic mass is 16.5. The van der Waals surface area contributed by atoms with Crippen molar-refractivity contribution in [2.75, 3.05) is 14.2 Å². The maximum Gasteiger partial charge on any atom is 0.118 e. The number of rotatable bonds is 6. The van der Waals surface area contributed by atoms with E-state index in [1.807, 2.05) is 12.1 Å². The summed E-state index contributed by atoms with van der Waals surface area (Å²) in [4.78, 5) is 2.31. The molecule has 0 aliphatic rings. The Balaban J connectivity index is 2.29. The summed E-state index contributed by atoms with van der Waals surface area (Å²) >= 11 is 0. The van der Waals surface area contributed by atoms with E-state index in [9.17, 15) is 0 Å². The molecule has 22 heavy (non-hydrogen) atoms. The molecule has 2 rings (SSSR count). The second-order valence-corrected chi connectivity index (χ2v) is 5.71. The van der Waals surface area contributed by atoms with Gasteiger partial charge in [0.25, 0.3) is 0 Å². The van der Waals surface area contributed by atoms with Crippen LogP contribution >= 0.6 is 0 Å². The van der Waals surface area contributed by atoms with Gasteiger partial charge < -0.3 is 9.64 Å². The summed E-state index contributed by atoms with van der Waals surface area (Å²) in [5, 5.41) is 0. The third-order valence-electron chi connectivity index (χ3n) is 3.91. The lowest BCUT2D eigenvalue weighted by atomic mass is 10.1. The van der Waals surface area contributed by atoms with E-state index < -0.39 is 0 Å². The zero-order chi connectivity index (χ0) is 15.9. The molecule has 0 aliphatic heterocycles. The zero-order valence-corrected chi connectivity index (χ0v) is 13.9. The fourth-order valence-electron chi connectivity index (χ4n) is 2.33. The molecule has 116 valence electrons. The van der Waals surface area contributed by atoms with Crippen molar-refractivity contribution in [1.29, 1.82) is 0 Å². The molecule has 0 radical (unpaired) electrons. The number of hydrogen-bond donors (Lipinski definition) is 0. The highest BCUT2D eigenvalue weighted by Crippen LogP contribution is 2.23. The van der Waals surface area contributed by atoms with Crippen molar-refractivity contribution >= 4 is 5.70 Å². The minimum absolute atomic E-state index is 0.448. The van der Waals surface area contributed by atoms with Crippen LogP contribution in [0.4, 0.5) is 0 Å². The van der Waals surface area contributed by atoms with Crippen molar-refractivity contribution in [2.24, 2.45) is 0 Å². The lowest BCUT2D eigenvalue weighted by molar-refractivity contribution is 0.395. The predicted molar refractivity (Wildman–Crippen MR) is 94.0 cm³/mol. The van der Waals surface area contributed by atoms with Crippen molar-refractivity contribution in [2.45, 2.75) is 26.3 Å². The molecule has 2 aromatic rings. The molecular formula is C20H25NO. The summed E-state index contributed by atoms with van der Waals surface area (Å²) in [5.74, 6) is 0.887. The van der Waals surface area contributed by atoms with E-state index in [4.69, 9.17) is 4.74 Å². The van der Waals surface area contributed by atoms with Crippen LogP contribution < -0.4 is 4.74 Å². The van der Waals surface area contributed by atoms with Gasteiger partial charge in [0.2, 0.25) is 0 Å². The Kier molecular flexibility index (Phi) is 5.65. The molecule has 2 aromatic carbocycles. The van der Waals surface area contributed by atoms with E-state index in [0.29, 0.717) is 6.04 Å². The Morgan fingerprint density at radius 2 is 1.68 bits per heavy atom. The molecule has 2 nitrogen and oxygen atoms in total. The normalized spacial score (nSPS) is 11.6. The van der Waals surface area contributed by atoms with Gasteiger partial charge in [-0.1, -0.05) is 36.4 Å². The molecule has 0 spiro atoms. The molecule has 0 saturated carbocycles. The molecule has 0 N–H and O–H groups in total. The van der Waals surface area contributed by atoms with Gasteiger partial charge in [0, 0.05) is 18.8 Å². The monoisotopic (exact) mass is 295 g/mol. The third kappa shape index (κ3) is 4.14. The molecule has 0 aromatic heterocycles. The number of allylic oxidation sites excluding steroid dienone is 1. The topological polar surface area (TPSA) is 12.5 Å². The van der Waals surface area contributed by atoms with Crippen LogP contribution in [-0.2, 0) is 6.42 Å². The maximum absolute atomic E-state index is 5.25. The van der Waals surface area contributed by atoms with Gasteiger partial charge in [0.05, 0.1) is 7.11 Å². The van der Waals surface area contributed by atoms with Gasteiger partial charge in [-0.05, 0) is 55.7 Å². The molecule has 0 unspecified atom stereocenters. The number of nitrogens with zero attached hydrogens (tertiary/aromatic N) is 1. The number of ether oxygens (including phenoxy) is 1. The Labute approximate surface area is 134 Å². The zero-order valence-electron chi connectivity index (χ0n) is 13.9. The fourth-order valence-corrected chi connectivity index (χ4v) is 2.33. The van der Waals surface area contributed by atoms with E-state index in [2.05, 4.69) is 74.3 Å². The Morgan fingerprint density at radius 3 is 2.23 bits per heavy atom. The SMILES string of the molecule is COc1ccc(/C(=C\Cc2ccccc2)N(C)C(C)C)cc1. The third-order valence-corrected chi connectivity index (χ3v) is 3.91. The quantitative estimate of drug-likeness (QED) is 0.771. The molecule has 0 aliphatic carbocycles. The lowest BCUT2D eigenvalue weighted by Crippen LogP contribution is -2.24. The van der Waals surface area contributed by atoms with E-state index >= 15 is 0 Å². The molecule has 2 heteroatoms. The van der Waals surface area contributed by atoms with Crippen LogP contribution in [0.5, 0.6) is 5.75 Å². The van der Waals surface area contributed by atoms with Crippen LogP contribution in [0.25, 0.3) is 5.70 Å². The van der Waals surface area contributed by atoms with Gasteiger partial charge in [-0.3, -0.25) is 0 Å². The van der Waals surface area contributed by atoms with Crippen molar-refractivity contribution in [1.82, 2.24) is 4.90 Å². The van der Waals surface area contributed by atoms with Crippen LogP contribution in [0.3, 0.4) is 0 Å². The molecule has 0 atom stereocenters. The predicted octanol–water partition coefficient (Wildman–Crippen LogP) is 4.62. The van der Waals surface area contributed by atoms with Crippen molar-refractivity contribution in [3.63, 3.8) is 0 Å². The van der Waals surface area contributed by atoms with E-state index in [1.165, 1.54) is 16.8 Å². The minimum atomic E-state index is 0.448. The molecule has 0 bridgehead atoms. The molecule has 0 fully saturated rings. The summed E-state index contributed by atoms with van der Waals surface area (Å²) in [7, 11) is 3.84. The average Bonchev–Trinajstić information content (AvgIpc) is 2.56. The van der Waals surface area contributed by atoms with Crippen molar-refractivity contribution < 1.29 is 4.74 Å². The van der Waals surface area contributed by atoms with Crippen LogP contribution in [0, 0.1) is 0 Å². The van der Waals surface area contributed by atoms with Crippen LogP contribution in [0.1, 0.15) is 25.0 Å². The standard InChI is InChI=1S/C20H25NO/c1-16(2)21(3)20(15-10-17-8-6-5-7-9-17)18-11-13-19(22-4)14-12-18/h5-9,11-16H,10H2,1-4H3/b20-15+. The number of hydrogen-bond acceptors (Lipinski definition) is 2. The van der Waals surface area contributed by atoms with Gasteiger partial charge in [-0.25, -0.2) is 0 Å². The second-order valence-electron chi connectivity index (χ2n) is 5.71. The second kappa shape index (κ2) is 7.69. The minimum Gasteiger partial charge on any atom is -0.497 e. The average molecular weight is 295 g/mol. The van der Waals surface area contributed by atoms with E-state index in [0.717, 1.165) is 12.2 Å². The number of methoxy groups -OCH3 is 1. The van der Waals surface area contributed by atoms with Crippen molar-refractivity contribution in [3.05, 3.63) is 71.8 Å². The van der Waals surface area contributed by atoms with Gasteiger partial charge in [0.15, 0.2) is 0 Å². The van der Waals surface area contributed by atoms with E-state index in [1.54, 1.807) is 7.11 Å². The Bertz CT molecular complexity index is 599. The smallest absolute Gasteiger partial charge is 0.118 e. The summed E-state index contributed by atoms with van der Waals surface area (Å²) in [6.45, 7) is 4.42. The first-order chi connectivity index (χ1) is 10.6. The Morgan fingerprint density at radius 1 is 1.05 bits per heavy atom. The van der Waals surface area contributed by atoms with Gasteiger partial charge in [-0.2, -0.15) is 0 Å². The first-order valence-electron chi connectivity index (χ1n) is 7.73. The maximum atomic E-state index is 5.25. The molecular weight excluding hydrogens is 270 g/mol. The lowest BCUT2D eigenvalue weighted by Gasteiger charge is -2.27. The van der Waals surface area contributed by atoms with Crippen LogP contribution in [0.2, 0.25) is 0 Å². The largest absolute Gasteiger partial charge is 0.497 e. The fraction of sp³-hybridized carbons (Fsp3) is 0.300. The highest BCUT2D eigenvalue weighted by molar-refractivity contribution is 5.65. The summed E-state index contributed by atoms with van der Waals surface area (Å²) in [6.07, 6.45) is 3.23. The van der Waals surface area contributed by atoms with Crippen LogP contribution in [0.15, 0.2) is 60.7 Å². The molecule has 0 saturated heterocycles. The first-order valence-corrected chi connectivity index (χ1v) is 7.73. The highest BCUT2D eigenvalue weighted by Gasteiger charge is 2.10. The number of benzene rings is 2. The van der Waals surface area contributed by atoms with Gasteiger partial charge in [-0.15, -0.1) is 0 Å². The van der Waals surface area contributed by atoms with Crippen molar-refractivity contribution in [3.8, 4) is 5.75 Å². The van der Waals surface area contributed by atoms with Crippen LogP contribution in [-0.4, -0.2) is 25.1 Å². The summed E-state index contributed by atoms with van der Waals surface area (Å²) in [5.41, 5.74) is 3.79. The summed E-state index contributed by atoms with van der Waals surface area (Å²) in [6, 6.07) is 19.3. The summed E-state index contributed by atoms with van der Waals surface area (Å²) < 4.78 is 5.25. The van der Waals surface area contributed by atoms with E-state index in [-0.39, 0.29) is 0 Å². The molecule has 0 amide bonds.